The van der Waals surface area contributed by atoms with E-state index in [-0.39, 0.29) is 22.0 Å². The SMILES string of the molecule is O=S(=O)(c1ccc(F)c(F)c1)c1cnc2cc(F)ccc2c1-c1ccccc1F. The number of hydrogen-bond acceptors (Lipinski definition) is 3. The van der Waals surface area contributed by atoms with E-state index in [1.807, 2.05) is 0 Å². The van der Waals surface area contributed by atoms with Crippen molar-refractivity contribution in [2.45, 2.75) is 9.79 Å². The third-order valence-electron chi connectivity index (χ3n) is 4.43. The molecule has 3 aromatic carbocycles. The monoisotopic (exact) mass is 417 g/mol. The van der Waals surface area contributed by atoms with Gasteiger partial charge in [-0.15, -0.1) is 0 Å². The molecular weight excluding hydrogens is 406 g/mol. The molecule has 0 amide bonds. The van der Waals surface area contributed by atoms with E-state index in [9.17, 15) is 26.0 Å². The zero-order chi connectivity index (χ0) is 20.8. The van der Waals surface area contributed by atoms with Crippen LogP contribution in [-0.4, -0.2) is 13.4 Å². The van der Waals surface area contributed by atoms with E-state index in [1.54, 1.807) is 0 Å². The predicted molar refractivity (Wildman–Crippen MR) is 98.9 cm³/mol. The number of hydrogen-bond donors (Lipinski definition) is 0. The zero-order valence-corrected chi connectivity index (χ0v) is 15.4. The Balaban J connectivity index is 2.09. The molecule has 0 radical (unpaired) electrons. The number of fused-ring (bicyclic) bond motifs is 1. The van der Waals surface area contributed by atoms with E-state index in [4.69, 9.17) is 0 Å². The van der Waals surface area contributed by atoms with Crippen molar-refractivity contribution in [1.29, 1.82) is 0 Å². The minimum Gasteiger partial charge on any atom is -0.255 e. The van der Waals surface area contributed by atoms with Gasteiger partial charge in [0.25, 0.3) is 0 Å². The summed E-state index contributed by atoms with van der Waals surface area (Å²) in [5, 5.41) is 0.195. The van der Waals surface area contributed by atoms with Gasteiger partial charge in [0, 0.05) is 28.8 Å². The van der Waals surface area contributed by atoms with Crippen LogP contribution in [0.1, 0.15) is 0 Å². The maximum Gasteiger partial charge on any atom is 0.208 e. The summed E-state index contributed by atoms with van der Waals surface area (Å²) < 4.78 is 81.5. The summed E-state index contributed by atoms with van der Waals surface area (Å²) in [5.41, 5.74) is 0.0259. The van der Waals surface area contributed by atoms with Gasteiger partial charge in [-0.25, -0.2) is 26.0 Å². The highest BCUT2D eigenvalue weighted by Crippen LogP contribution is 2.37. The van der Waals surface area contributed by atoms with Gasteiger partial charge in [-0.1, -0.05) is 18.2 Å². The highest BCUT2D eigenvalue weighted by atomic mass is 32.2. The lowest BCUT2D eigenvalue weighted by Gasteiger charge is -2.14. The molecule has 0 aliphatic carbocycles. The fourth-order valence-corrected chi connectivity index (χ4v) is 4.50. The smallest absolute Gasteiger partial charge is 0.208 e. The molecule has 0 unspecified atom stereocenters. The van der Waals surface area contributed by atoms with E-state index in [1.165, 1.54) is 24.3 Å². The number of halogens is 4. The van der Waals surface area contributed by atoms with Gasteiger partial charge in [0.15, 0.2) is 11.6 Å². The molecule has 0 atom stereocenters. The molecule has 0 aliphatic heterocycles. The average molecular weight is 417 g/mol. The van der Waals surface area contributed by atoms with Gasteiger partial charge in [0.05, 0.1) is 15.3 Å². The lowest BCUT2D eigenvalue weighted by molar-refractivity contribution is 0.504. The minimum atomic E-state index is -4.40. The van der Waals surface area contributed by atoms with Crippen molar-refractivity contribution >= 4 is 20.7 Å². The first kappa shape index (κ1) is 19.1. The van der Waals surface area contributed by atoms with Crippen LogP contribution in [0.4, 0.5) is 17.6 Å². The number of pyridine rings is 1. The van der Waals surface area contributed by atoms with Gasteiger partial charge < -0.3 is 0 Å². The quantitative estimate of drug-likeness (QED) is 0.336. The summed E-state index contributed by atoms with van der Waals surface area (Å²) in [4.78, 5) is 3.05. The third kappa shape index (κ3) is 3.25. The van der Waals surface area contributed by atoms with Crippen LogP contribution in [0, 0.1) is 23.3 Å². The molecule has 0 spiro atoms. The largest absolute Gasteiger partial charge is 0.255 e. The molecule has 8 heteroatoms. The predicted octanol–water partition coefficient (Wildman–Crippen LogP) is 5.29. The topological polar surface area (TPSA) is 47.0 Å². The summed E-state index contributed by atoms with van der Waals surface area (Å²) >= 11 is 0. The van der Waals surface area contributed by atoms with Crippen LogP contribution in [0.5, 0.6) is 0 Å². The van der Waals surface area contributed by atoms with E-state index >= 15 is 0 Å². The maximum absolute atomic E-state index is 14.6. The normalized spacial score (nSPS) is 11.7. The molecule has 29 heavy (non-hydrogen) atoms. The van der Waals surface area contributed by atoms with Gasteiger partial charge >= 0.3 is 0 Å². The second-order valence-corrected chi connectivity index (χ2v) is 8.14. The van der Waals surface area contributed by atoms with Crippen LogP contribution in [0.2, 0.25) is 0 Å². The molecule has 0 bridgehead atoms. The molecule has 1 heterocycles. The van der Waals surface area contributed by atoms with Crippen molar-refractivity contribution in [1.82, 2.24) is 4.98 Å². The Morgan fingerprint density at radius 2 is 1.52 bits per heavy atom. The van der Waals surface area contributed by atoms with E-state index in [0.29, 0.717) is 12.1 Å². The molecule has 0 saturated heterocycles. The minimum absolute atomic E-state index is 0.0437. The summed E-state index contributed by atoms with van der Waals surface area (Å²) in [7, 11) is -4.40. The highest BCUT2D eigenvalue weighted by Gasteiger charge is 2.27. The summed E-state index contributed by atoms with van der Waals surface area (Å²) in [6.45, 7) is 0. The number of sulfone groups is 1. The Kier molecular flexibility index (Phi) is 4.58. The Morgan fingerprint density at radius 3 is 2.24 bits per heavy atom. The van der Waals surface area contributed by atoms with E-state index in [0.717, 1.165) is 30.5 Å². The van der Waals surface area contributed by atoms with Crippen molar-refractivity contribution < 1.29 is 26.0 Å². The number of aromatic nitrogens is 1. The molecule has 0 aliphatic rings. The lowest BCUT2D eigenvalue weighted by Crippen LogP contribution is -2.07. The van der Waals surface area contributed by atoms with Gasteiger partial charge in [-0.05, 0) is 36.4 Å². The van der Waals surface area contributed by atoms with E-state index in [2.05, 4.69) is 4.98 Å². The third-order valence-corrected chi connectivity index (χ3v) is 6.19. The molecular formula is C21H11F4NO2S. The lowest BCUT2D eigenvalue weighted by atomic mass is 10.0. The second-order valence-electron chi connectivity index (χ2n) is 6.22. The van der Waals surface area contributed by atoms with Crippen LogP contribution in [0.3, 0.4) is 0 Å². The maximum atomic E-state index is 14.6. The Labute approximate surface area is 163 Å². The standard InChI is InChI=1S/C21H11F4NO2S/c22-12-5-7-15-19(9-12)26-11-20(21(15)14-3-1-2-4-16(14)23)29(27,28)13-6-8-17(24)18(25)10-13/h1-11H. The van der Waals surface area contributed by atoms with Crippen LogP contribution in [-0.2, 0) is 9.84 Å². The van der Waals surface area contributed by atoms with Crippen LogP contribution >= 0.6 is 0 Å². The number of rotatable bonds is 3. The molecule has 0 fully saturated rings. The Bertz CT molecular complexity index is 1370. The van der Waals surface area contributed by atoms with Gasteiger partial charge in [0.1, 0.15) is 11.6 Å². The first-order valence-electron chi connectivity index (χ1n) is 8.32. The molecule has 0 N–H and O–H groups in total. The first-order valence-corrected chi connectivity index (χ1v) is 9.80. The van der Waals surface area contributed by atoms with E-state index < -0.39 is 42.9 Å². The van der Waals surface area contributed by atoms with Gasteiger partial charge in [-0.2, -0.15) is 0 Å². The Morgan fingerprint density at radius 1 is 0.759 bits per heavy atom. The first-order chi connectivity index (χ1) is 13.8. The van der Waals surface area contributed by atoms with Crippen LogP contribution < -0.4 is 0 Å². The van der Waals surface area contributed by atoms with Crippen molar-refractivity contribution in [2.75, 3.05) is 0 Å². The fourth-order valence-electron chi connectivity index (χ4n) is 3.06. The molecule has 0 saturated carbocycles. The highest BCUT2D eigenvalue weighted by molar-refractivity contribution is 7.91. The summed E-state index contributed by atoms with van der Waals surface area (Å²) in [6, 6.07) is 11.1. The molecule has 3 nitrogen and oxygen atoms in total. The van der Waals surface area contributed by atoms with Crippen molar-refractivity contribution in [3.63, 3.8) is 0 Å². The Hall–Kier alpha value is -3.26. The average Bonchev–Trinajstić information content (AvgIpc) is 2.69. The zero-order valence-electron chi connectivity index (χ0n) is 14.5. The molecule has 1 aromatic heterocycles. The summed E-state index contributed by atoms with van der Waals surface area (Å²) in [5.74, 6) is -3.84. The van der Waals surface area contributed by atoms with Crippen LogP contribution in [0.15, 0.2) is 76.7 Å². The number of nitrogens with zero attached hydrogens (tertiary/aromatic N) is 1. The van der Waals surface area contributed by atoms with Crippen LogP contribution in [0.25, 0.3) is 22.0 Å². The van der Waals surface area contributed by atoms with Crippen molar-refractivity contribution in [3.8, 4) is 11.1 Å². The molecule has 146 valence electrons. The van der Waals surface area contributed by atoms with Gasteiger partial charge in [-0.3, -0.25) is 4.98 Å². The fraction of sp³-hybridized carbons (Fsp3) is 0. The second kappa shape index (κ2) is 6.97. The molecule has 4 rings (SSSR count). The van der Waals surface area contributed by atoms with Crippen molar-refractivity contribution in [3.05, 3.63) is 90.1 Å². The molecule has 4 aromatic rings. The summed E-state index contributed by atoms with van der Waals surface area (Å²) in [6.07, 6.45) is 0.958. The van der Waals surface area contributed by atoms with Gasteiger partial charge in [0.2, 0.25) is 9.84 Å². The number of benzene rings is 3. The van der Waals surface area contributed by atoms with Crippen molar-refractivity contribution in [2.24, 2.45) is 0 Å².